The molecule has 3 nitrogen and oxygen atoms in total. The van der Waals surface area contributed by atoms with Crippen molar-refractivity contribution in [3.63, 3.8) is 0 Å². The molecule has 0 aromatic rings. The highest BCUT2D eigenvalue weighted by Gasteiger charge is 2.06. The van der Waals surface area contributed by atoms with Gasteiger partial charge in [0.2, 0.25) is 0 Å². The Morgan fingerprint density at radius 1 is 1.50 bits per heavy atom. The maximum Gasteiger partial charge on any atom is 0.166 e. The fraction of sp³-hybridized carbons (Fsp3) is 1.00. The van der Waals surface area contributed by atoms with Crippen molar-refractivity contribution in [1.29, 1.82) is 0 Å². The van der Waals surface area contributed by atoms with Gasteiger partial charge in [-0.1, -0.05) is 0 Å². The van der Waals surface area contributed by atoms with Crippen LogP contribution in [-0.2, 0) is 13.8 Å². The fourth-order valence-electron chi connectivity index (χ4n) is 0.428. The SMILES string of the molecule is [B]C(COC)OP(C)OC. The van der Waals surface area contributed by atoms with Crippen molar-refractivity contribution in [3.8, 4) is 0 Å². The molecule has 0 fully saturated rings. The summed E-state index contributed by atoms with van der Waals surface area (Å²) < 4.78 is 14.8. The van der Waals surface area contributed by atoms with Crippen molar-refractivity contribution in [3.05, 3.63) is 0 Å². The quantitative estimate of drug-likeness (QED) is 0.440. The first-order chi connectivity index (χ1) is 4.70. The second-order valence-electron chi connectivity index (χ2n) is 1.72. The summed E-state index contributed by atoms with van der Waals surface area (Å²) in [4.78, 5) is 0. The van der Waals surface area contributed by atoms with Crippen molar-refractivity contribution in [1.82, 2.24) is 0 Å². The van der Waals surface area contributed by atoms with Crippen LogP contribution in [0, 0.1) is 0 Å². The molecule has 5 heteroatoms. The van der Waals surface area contributed by atoms with E-state index in [1.807, 2.05) is 6.66 Å². The molecule has 0 amide bonds. The molecule has 0 saturated carbocycles. The van der Waals surface area contributed by atoms with E-state index in [4.69, 9.17) is 21.6 Å². The zero-order valence-electron chi connectivity index (χ0n) is 6.53. The highest BCUT2D eigenvalue weighted by atomic mass is 31.2. The van der Waals surface area contributed by atoms with E-state index in [9.17, 15) is 0 Å². The van der Waals surface area contributed by atoms with Gasteiger partial charge in [0.25, 0.3) is 0 Å². The van der Waals surface area contributed by atoms with E-state index in [2.05, 4.69) is 0 Å². The first kappa shape index (κ1) is 10.4. The summed E-state index contributed by atoms with van der Waals surface area (Å²) in [6, 6.07) is -0.374. The minimum absolute atomic E-state index is 0.374. The van der Waals surface area contributed by atoms with Gasteiger partial charge in [-0.3, -0.25) is 0 Å². The normalized spacial score (nSPS) is 16.7. The predicted octanol–water partition coefficient (Wildman–Crippen LogP) is 0.732. The molecule has 2 radical (unpaired) electrons. The van der Waals surface area contributed by atoms with Gasteiger partial charge in [0.1, 0.15) is 7.85 Å². The molecule has 0 aliphatic rings. The number of methoxy groups -OCH3 is 1. The van der Waals surface area contributed by atoms with Gasteiger partial charge >= 0.3 is 0 Å². The Bertz CT molecular complexity index is 83.3. The van der Waals surface area contributed by atoms with E-state index in [1.165, 1.54) is 0 Å². The van der Waals surface area contributed by atoms with E-state index in [0.717, 1.165) is 0 Å². The highest BCUT2D eigenvalue weighted by molar-refractivity contribution is 7.46. The Balaban J connectivity index is 3.27. The first-order valence-electron chi connectivity index (χ1n) is 2.89. The lowest BCUT2D eigenvalue weighted by Crippen LogP contribution is -2.16. The summed E-state index contributed by atoms with van der Waals surface area (Å²) in [7, 11) is 7.78. The third kappa shape index (κ3) is 5.18. The molecule has 0 aliphatic heterocycles. The molecule has 2 unspecified atom stereocenters. The van der Waals surface area contributed by atoms with Crippen LogP contribution in [0.3, 0.4) is 0 Å². The van der Waals surface area contributed by atoms with E-state index >= 15 is 0 Å². The first-order valence-corrected chi connectivity index (χ1v) is 4.52. The Morgan fingerprint density at radius 3 is 2.50 bits per heavy atom. The van der Waals surface area contributed by atoms with Crippen molar-refractivity contribution in [2.45, 2.75) is 6.00 Å². The Labute approximate surface area is 64.4 Å². The second-order valence-corrected chi connectivity index (χ2v) is 3.18. The molecule has 10 heavy (non-hydrogen) atoms. The van der Waals surface area contributed by atoms with Crippen molar-refractivity contribution >= 4 is 16.2 Å². The smallest absolute Gasteiger partial charge is 0.166 e. The zero-order valence-corrected chi connectivity index (χ0v) is 7.43. The number of ether oxygens (including phenoxy) is 1. The van der Waals surface area contributed by atoms with Crippen LogP contribution >= 0.6 is 8.38 Å². The maximum absolute atomic E-state index is 5.45. The summed E-state index contributed by atoms with van der Waals surface area (Å²) in [6.45, 7) is 2.24. The molecule has 0 heterocycles. The van der Waals surface area contributed by atoms with E-state index in [1.54, 1.807) is 14.2 Å². The second kappa shape index (κ2) is 6.11. The van der Waals surface area contributed by atoms with Gasteiger partial charge in [-0.25, -0.2) is 0 Å². The van der Waals surface area contributed by atoms with Crippen molar-refractivity contribution in [2.24, 2.45) is 0 Å². The van der Waals surface area contributed by atoms with Crippen LogP contribution in [0.25, 0.3) is 0 Å². The van der Waals surface area contributed by atoms with Gasteiger partial charge in [-0.15, -0.1) is 0 Å². The molecule has 0 aromatic heterocycles. The minimum Gasteiger partial charge on any atom is -0.383 e. The van der Waals surface area contributed by atoms with Gasteiger partial charge in [0.15, 0.2) is 8.38 Å². The van der Waals surface area contributed by atoms with Crippen LogP contribution in [-0.4, -0.2) is 41.3 Å². The standard InChI is InChI=1S/C5H12BO3P/c1-7-4-5(6)9-10(3)8-2/h5H,4H2,1-3H3. The predicted molar refractivity (Wildman–Crippen MR) is 42.4 cm³/mol. The van der Waals surface area contributed by atoms with Gasteiger partial charge in [0.05, 0.1) is 6.61 Å². The van der Waals surface area contributed by atoms with Gasteiger partial charge < -0.3 is 13.8 Å². The molecule has 0 aromatic carbocycles. The third-order valence-electron chi connectivity index (χ3n) is 0.872. The number of hydrogen-bond donors (Lipinski definition) is 0. The van der Waals surface area contributed by atoms with Crippen LogP contribution in [0.2, 0.25) is 0 Å². The fourth-order valence-corrected chi connectivity index (χ4v) is 0.957. The molecule has 0 bridgehead atoms. The molecule has 58 valence electrons. The van der Waals surface area contributed by atoms with Crippen LogP contribution in [0.5, 0.6) is 0 Å². The average molecular weight is 162 g/mol. The van der Waals surface area contributed by atoms with Crippen LogP contribution < -0.4 is 0 Å². The third-order valence-corrected chi connectivity index (χ3v) is 1.95. The summed E-state index contributed by atoms with van der Waals surface area (Å²) in [5.41, 5.74) is 0. The van der Waals surface area contributed by atoms with Crippen molar-refractivity contribution < 1.29 is 13.8 Å². The number of hydrogen-bond acceptors (Lipinski definition) is 3. The van der Waals surface area contributed by atoms with Gasteiger partial charge in [-0.05, 0) is 0 Å². The summed E-state index contributed by atoms with van der Waals surface area (Å²) in [5, 5.41) is 0. The highest BCUT2D eigenvalue weighted by Crippen LogP contribution is 2.32. The van der Waals surface area contributed by atoms with Crippen LogP contribution in [0.1, 0.15) is 0 Å². The van der Waals surface area contributed by atoms with Crippen LogP contribution in [0.15, 0.2) is 0 Å². The molecule has 0 rings (SSSR count). The largest absolute Gasteiger partial charge is 0.383 e. The summed E-state index contributed by atoms with van der Waals surface area (Å²) in [6.07, 6.45) is 0. The van der Waals surface area contributed by atoms with Gasteiger partial charge in [0, 0.05) is 26.9 Å². The molecule has 0 saturated heterocycles. The molecule has 0 aliphatic carbocycles. The minimum atomic E-state index is -0.834. The number of rotatable bonds is 5. The Hall–Kier alpha value is 0.375. The lowest BCUT2D eigenvalue weighted by molar-refractivity contribution is 0.123. The van der Waals surface area contributed by atoms with E-state index in [-0.39, 0.29) is 6.00 Å². The zero-order chi connectivity index (χ0) is 7.98. The van der Waals surface area contributed by atoms with Crippen LogP contribution in [0.4, 0.5) is 0 Å². The van der Waals surface area contributed by atoms with E-state index < -0.39 is 8.38 Å². The average Bonchev–Trinajstić information content (AvgIpc) is 1.88. The lowest BCUT2D eigenvalue weighted by Gasteiger charge is -2.15. The summed E-state index contributed by atoms with van der Waals surface area (Å²) in [5.74, 6) is 0. The molecular weight excluding hydrogens is 150 g/mol. The Kier molecular flexibility index (Phi) is 6.34. The monoisotopic (exact) mass is 162 g/mol. The van der Waals surface area contributed by atoms with E-state index in [0.29, 0.717) is 6.61 Å². The van der Waals surface area contributed by atoms with Gasteiger partial charge in [-0.2, -0.15) is 0 Å². The van der Waals surface area contributed by atoms with Crippen molar-refractivity contribution in [2.75, 3.05) is 27.5 Å². The topological polar surface area (TPSA) is 27.7 Å². The molecule has 0 N–H and O–H groups in total. The molecular formula is C5H12BO3P. The maximum atomic E-state index is 5.45. The lowest BCUT2D eigenvalue weighted by atomic mass is 10.0. The Morgan fingerprint density at radius 2 is 2.10 bits per heavy atom. The molecule has 0 spiro atoms. The molecule has 2 atom stereocenters. The summed E-state index contributed by atoms with van der Waals surface area (Å²) >= 11 is 0.